The topological polar surface area (TPSA) is 38.3 Å². The molecule has 0 aromatic heterocycles. The van der Waals surface area contributed by atoms with Crippen molar-refractivity contribution in [3.8, 4) is 5.75 Å². The number of hydrogen-bond donors (Lipinski definition) is 1. The highest BCUT2D eigenvalue weighted by atomic mass is 79.9. The molecule has 3 rings (SSSR count). The van der Waals surface area contributed by atoms with Crippen LogP contribution in [0.15, 0.2) is 46.9 Å². The third kappa shape index (κ3) is 3.93. The van der Waals surface area contributed by atoms with Gasteiger partial charge < -0.3 is 10.1 Å². The predicted molar refractivity (Wildman–Crippen MR) is 99.5 cm³/mol. The minimum Gasteiger partial charge on any atom is -0.479 e. The summed E-state index contributed by atoms with van der Waals surface area (Å²) in [6.07, 6.45) is 2.49. The molecule has 126 valence electrons. The van der Waals surface area contributed by atoms with Gasteiger partial charge in [-0.2, -0.15) is 0 Å². The monoisotopic (exact) mass is 407 g/mol. The van der Waals surface area contributed by atoms with E-state index in [0.717, 1.165) is 23.7 Å². The number of rotatable bonds is 4. The molecule has 0 radical (unpaired) electrons. The number of carbonyl (C=O) groups is 1. The number of carbonyl (C=O) groups excluding carboxylic acids is 1. The Hall–Kier alpha value is -1.52. The Morgan fingerprint density at radius 3 is 2.92 bits per heavy atom. The Morgan fingerprint density at radius 2 is 2.12 bits per heavy atom. The van der Waals surface area contributed by atoms with E-state index in [9.17, 15) is 4.79 Å². The van der Waals surface area contributed by atoms with E-state index in [1.165, 1.54) is 11.1 Å². The Morgan fingerprint density at radius 1 is 1.33 bits per heavy atom. The van der Waals surface area contributed by atoms with E-state index in [-0.39, 0.29) is 11.9 Å². The van der Waals surface area contributed by atoms with Crippen molar-refractivity contribution in [2.45, 2.75) is 38.3 Å². The fraction of sp³-hybridized carbons (Fsp3) is 0.316. The van der Waals surface area contributed by atoms with Gasteiger partial charge in [0, 0.05) is 4.47 Å². The first kappa shape index (κ1) is 17.3. The number of hydrogen-bond acceptors (Lipinski definition) is 2. The number of aryl methyl sites for hydroxylation is 1. The van der Waals surface area contributed by atoms with Crippen LogP contribution in [-0.4, -0.2) is 12.0 Å². The molecule has 1 N–H and O–H groups in total. The summed E-state index contributed by atoms with van der Waals surface area (Å²) in [5.74, 6) is 0.377. The van der Waals surface area contributed by atoms with Crippen LogP contribution in [0, 0.1) is 0 Å². The molecule has 0 fully saturated rings. The maximum atomic E-state index is 12.5. The first-order valence-corrected chi connectivity index (χ1v) is 9.21. The molecule has 5 heteroatoms. The second kappa shape index (κ2) is 7.58. The quantitative estimate of drug-likeness (QED) is 0.767. The summed E-state index contributed by atoms with van der Waals surface area (Å²) in [4.78, 5) is 12.5. The molecule has 1 aliphatic carbocycles. The third-order valence-corrected chi connectivity index (χ3v) is 5.04. The Bertz CT molecular complexity index is 750. The van der Waals surface area contributed by atoms with Crippen LogP contribution in [0.25, 0.3) is 0 Å². The normalized spacial score (nSPS) is 17.7. The average molecular weight is 409 g/mol. The van der Waals surface area contributed by atoms with Crippen molar-refractivity contribution in [2.75, 3.05) is 0 Å². The number of benzene rings is 2. The summed E-state index contributed by atoms with van der Waals surface area (Å²) in [5, 5.41) is 3.59. The van der Waals surface area contributed by atoms with E-state index >= 15 is 0 Å². The van der Waals surface area contributed by atoms with Crippen molar-refractivity contribution in [1.82, 2.24) is 5.32 Å². The largest absolute Gasteiger partial charge is 0.479 e. The lowest BCUT2D eigenvalue weighted by Gasteiger charge is -2.27. The summed E-state index contributed by atoms with van der Waals surface area (Å²) in [5.41, 5.74) is 2.53. The van der Waals surface area contributed by atoms with Gasteiger partial charge in [-0.05, 0) is 55.5 Å². The molecule has 24 heavy (non-hydrogen) atoms. The van der Waals surface area contributed by atoms with Gasteiger partial charge in [0.1, 0.15) is 5.75 Å². The van der Waals surface area contributed by atoms with Crippen LogP contribution >= 0.6 is 27.5 Å². The Balaban J connectivity index is 1.67. The Labute approximate surface area is 155 Å². The van der Waals surface area contributed by atoms with Crippen LogP contribution in [0.2, 0.25) is 5.02 Å². The minimum absolute atomic E-state index is 0.0499. The van der Waals surface area contributed by atoms with Crippen molar-refractivity contribution < 1.29 is 9.53 Å². The highest BCUT2D eigenvalue weighted by molar-refractivity contribution is 9.10. The van der Waals surface area contributed by atoms with Gasteiger partial charge >= 0.3 is 0 Å². The van der Waals surface area contributed by atoms with Crippen LogP contribution in [-0.2, 0) is 11.2 Å². The van der Waals surface area contributed by atoms with E-state index in [1.54, 1.807) is 19.1 Å². The molecule has 0 spiro atoms. The van der Waals surface area contributed by atoms with Gasteiger partial charge in [-0.15, -0.1) is 0 Å². The zero-order valence-corrected chi connectivity index (χ0v) is 15.7. The van der Waals surface area contributed by atoms with Crippen LogP contribution in [0.4, 0.5) is 0 Å². The highest BCUT2D eigenvalue weighted by Gasteiger charge is 2.24. The molecule has 1 amide bonds. The zero-order valence-electron chi connectivity index (χ0n) is 13.4. The summed E-state index contributed by atoms with van der Waals surface area (Å²) in [7, 11) is 0. The second-order valence-corrected chi connectivity index (χ2v) is 7.31. The van der Waals surface area contributed by atoms with Crippen molar-refractivity contribution in [1.29, 1.82) is 0 Å². The van der Waals surface area contributed by atoms with Crippen molar-refractivity contribution in [2.24, 2.45) is 0 Å². The molecule has 0 heterocycles. The highest BCUT2D eigenvalue weighted by Crippen LogP contribution is 2.31. The van der Waals surface area contributed by atoms with Gasteiger partial charge in [0.05, 0.1) is 11.1 Å². The van der Waals surface area contributed by atoms with Crippen LogP contribution < -0.4 is 10.1 Å². The lowest BCUT2D eigenvalue weighted by Crippen LogP contribution is -2.39. The summed E-state index contributed by atoms with van der Waals surface area (Å²) < 4.78 is 6.60. The van der Waals surface area contributed by atoms with E-state index in [0.29, 0.717) is 10.8 Å². The van der Waals surface area contributed by atoms with Crippen molar-refractivity contribution in [3.05, 3.63) is 63.1 Å². The maximum Gasteiger partial charge on any atom is 0.261 e. The summed E-state index contributed by atoms with van der Waals surface area (Å²) >= 11 is 9.50. The van der Waals surface area contributed by atoms with Gasteiger partial charge in [0.15, 0.2) is 6.10 Å². The van der Waals surface area contributed by atoms with Crippen LogP contribution in [0.3, 0.4) is 0 Å². The molecular weight excluding hydrogens is 390 g/mol. The lowest BCUT2D eigenvalue weighted by molar-refractivity contribution is -0.128. The summed E-state index contributed by atoms with van der Waals surface area (Å²) in [6.45, 7) is 1.74. The molecule has 0 saturated carbocycles. The molecule has 2 aromatic carbocycles. The number of ether oxygens (including phenoxy) is 1. The number of amides is 1. The molecule has 0 aliphatic heterocycles. The minimum atomic E-state index is -0.613. The molecule has 2 atom stereocenters. The molecule has 0 unspecified atom stereocenters. The van der Waals surface area contributed by atoms with E-state index in [1.807, 2.05) is 18.2 Å². The van der Waals surface area contributed by atoms with E-state index in [2.05, 4.69) is 33.4 Å². The fourth-order valence-electron chi connectivity index (χ4n) is 3.01. The van der Waals surface area contributed by atoms with Gasteiger partial charge in [0.25, 0.3) is 5.91 Å². The molecule has 0 saturated heterocycles. The predicted octanol–water partition coefficient (Wildman–Crippen LogP) is 5.06. The second-order valence-electron chi connectivity index (χ2n) is 5.99. The number of halogens is 2. The summed E-state index contributed by atoms with van der Waals surface area (Å²) in [6, 6.07) is 13.7. The first-order valence-electron chi connectivity index (χ1n) is 8.04. The van der Waals surface area contributed by atoms with Crippen LogP contribution in [0.1, 0.15) is 36.9 Å². The maximum absolute atomic E-state index is 12.5. The molecule has 2 aromatic rings. The first-order chi connectivity index (χ1) is 11.5. The zero-order chi connectivity index (χ0) is 17.1. The number of fused-ring (bicyclic) bond motifs is 1. The van der Waals surface area contributed by atoms with Crippen LogP contribution in [0.5, 0.6) is 5.75 Å². The molecular formula is C19H19BrClNO2. The average Bonchev–Trinajstić information content (AvgIpc) is 2.57. The van der Waals surface area contributed by atoms with Crippen molar-refractivity contribution in [3.63, 3.8) is 0 Å². The smallest absolute Gasteiger partial charge is 0.261 e. The van der Waals surface area contributed by atoms with Crippen molar-refractivity contribution >= 4 is 33.4 Å². The number of nitrogens with one attached hydrogen (secondary N) is 1. The molecule has 0 bridgehead atoms. The van der Waals surface area contributed by atoms with Gasteiger partial charge in [0.2, 0.25) is 0 Å². The van der Waals surface area contributed by atoms with Gasteiger partial charge in [-0.1, -0.05) is 51.8 Å². The Kier molecular flexibility index (Phi) is 5.47. The fourth-order valence-corrected chi connectivity index (χ4v) is 3.73. The van der Waals surface area contributed by atoms with Gasteiger partial charge in [-0.25, -0.2) is 0 Å². The lowest BCUT2D eigenvalue weighted by atomic mass is 9.87. The molecule has 3 nitrogen and oxygen atoms in total. The van der Waals surface area contributed by atoms with Gasteiger partial charge in [-0.3, -0.25) is 4.79 Å². The third-order valence-electron chi connectivity index (χ3n) is 4.25. The SMILES string of the molecule is C[C@H](Oc1ccc(Br)cc1Cl)C(=O)N[C@@H]1CCCc2ccccc21. The molecule has 1 aliphatic rings. The van der Waals surface area contributed by atoms with E-state index in [4.69, 9.17) is 16.3 Å². The van der Waals surface area contributed by atoms with E-state index < -0.39 is 6.10 Å². The standard InChI is InChI=1S/C19H19BrClNO2/c1-12(24-18-10-9-14(20)11-16(18)21)19(23)22-17-8-4-6-13-5-2-3-7-15(13)17/h2-3,5,7,9-12,17H,4,6,8H2,1H3,(H,22,23)/t12-,17+/m0/s1.